The molecule has 1 saturated carbocycles. The second kappa shape index (κ2) is 9.74. The number of hydrogen-bond acceptors (Lipinski definition) is 5. The van der Waals surface area contributed by atoms with Gasteiger partial charge in [0.25, 0.3) is 5.91 Å². The van der Waals surface area contributed by atoms with E-state index in [1.54, 1.807) is 7.11 Å². The van der Waals surface area contributed by atoms with Crippen LogP contribution in [0.3, 0.4) is 0 Å². The predicted octanol–water partition coefficient (Wildman–Crippen LogP) is 4.15. The molecule has 4 rings (SSSR count). The molecule has 0 radical (unpaired) electrons. The number of fused-ring (bicyclic) bond motifs is 1. The molecule has 2 heterocycles. The van der Waals surface area contributed by atoms with Gasteiger partial charge in [-0.1, -0.05) is 37.6 Å². The Morgan fingerprint density at radius 3 is 2.52 bits per heavy atom. The van der Waals surface area contributed by atoms with Crippen LogP contribution in [0, 0.1) is 6.92 Å². The van der Waals surface area contributed by atoms with E-state index >= 15 is 0 Å². The molecule has 178 valence electrons. The Morgan fingerprint density at radius 1 is 1.21 bits per heavy atom. The summed E-state index contributed by atoms with van der Waals surface area (Å²) in [7, 11) is 1.69. The van der Waals surface area contributed by atoms with Crippen molar-refractivity contribution < 1.29 is 14.6 Å². The number of amides is 1. The van der Waals surface area contributed by atoms with E-state index in [1.807, 2.05) is 6.07 Å². The Morgan fingerprint density at radius 2 is 1.91 bits per heavy atom. The topological polar surface area (TPSA) is 79.0 Å². The van der Waals surface area contributed by atoms with E-state index in [0.717, 1.165) is 80.6 Å². The molecule has 0 atom stereocenters. The van der Waals surface area contributed by atoms with Crippen LogP contribution in [0.1, 0.15) is 57.4 Å². The van der Waals surface area contributed by atoms with Gasteiger partial charge >= 0.3 is 0 Å². The molecule has 1 aliphatic carbocycles. The molecule has 6 heteroatoms. The van der Waals surface area contributed by atoms with E-state index in [2.05, 4.69) is 47.9 Å². The third-order valence-electron chi connectivity index (χ3n) is 7.42. The molecule has 1 aromatic carbocycles. The summed E-state index contributed by atoms with van der Waals surface area (Å²) in [5.74, 6) is 0.827. The number of aliphatic hydroxyl groups is 1. The van der Waals surface area contributed by atoms with Crippen molar-refractivity contribution >= 4 is 11.6 Å². The number of benzene rings is 1. The van der Waals surface area contributed by atoms with Crippen LogP contribution < -0.4 is 10.6 Å². The van der Waals surface area contributed by atoms with Crippen molar-refractivity contribution in [2.75, 3.05) is 31.7 Å². The first-order valence-corrected chi connectivity index (χ1v) is 12.2. The molecule has 0 spiro atoms. The Bertz CT molecular complexity index is 994. The molecule has 1 saturated heterocycles. The van der Waals surface area contributed by atoms with Crippen LogP contribution in [0.2, 0.25) is 0 Å². The van der Waals surface area contributed by atoms with Gasteiger partial charge in [-0.3, -0.25) is 9.69 Å². The smallest absolute Gasteiger partial charge is 0.251 e. The zero-order chi connectivity index (χ0) is 23.6. The van der Waals surface area contributed by atoms with Crippen LogP contribution in [-0.4, -0.2) is 48.3 Å². The van der Waals surface area contributed by atoms with E-state index in [-0.39, 0.29) is 12.5 Å². The first-order chi connectivity index (χ1) is 16.0. The number of para-hydroxylation sites is 1. The van der Waals surface area contributed by atoms with Gasteiger partial charge in [-0.15, -0.1) is 0 Å². The summed E-state index contributed by atoms with van der Waals surface area (Å²) in [4.78, 5) is 17.5. The summed E-state index contributed by atoms with van der Waals surface area (Å²) in [5.41, 5.74) is 11.7. The quantitative estimate of drug-likeness (QED) is 0.651. The van der Waals surface area contributed by atoms with Gasteiger partial charge in [-0.2, -0.15) is 0 Å². The van der Waals surface area contributed by atoms with Gasteiger partial charge in [-0.05, 0) is 68.2 Å². The van der Waals surface area contributed by atoms with Crippen molar-refractivity contribution in [3.63, 3.8) is 0 Å². The van der Waals surface area contributed by atoms with Gasteiger partial charge in [0.15, 0.2) is 0 Å². The van der Waals surface area contributed by atoms with Crippen molar-refractivity contribution in [2.45, 2.75) is 64.4 Å². The second-order valence-electron chi connectivity index (χ2n) is 9.41. The molecular weight excluding hydrogens is 414 g/mol. The summed E-state index contributed by atoms with van der Waals surface area (Å²) in [6.07, 6.45) is 8.43. The molecule has 33 heavy (non-hydrogen) atoms. The maximum atomic E-state index is 12.8. The van der Waals surface area contributed by atoms with E-state index in [0.29, 0.717) is 5.57 Å². The van der Waals surface area contributed by atoms with Crippen LogP contribution in [0.4, 0.5) is 5.69 Å². The molecular formula is C27H37N3O3. The van der Waals surface area contributed by atoms with Crippen molar-refractivity contribution in [2.24, 2.45) is 5.73 Å². The number of aryl methyl sites for hydroxylation is 1. The number of primary amides is 1. The molecule has 0 bridgehead atoms. The Hall–Kier alpha value is -2.57. The number of carbonyl (C=O) groups is 1. The lowest BCUT2D eigenvalue weighted by molar-refractivity contribution is -0.114. The van der Waals surface area contributed by atoms with Gasteiger partial charge in [-0.25, -0.2) is 0 Å². The van der Waals surface area contributed by atoms with Gasteiger partial charge in [0, 0.05) is 20.2 Å². The number of ether oxygens (including phenoxy) is 1. The number of likely N-dealkylation sites (tertiary alicyclic amines) is 1. The van der Waals surface area contributed by atoms with Gasteiger partial charge in [0.2, 0.25) is 0 Å². The highest BCUT2D eigenvalue weighted by Crippen LogP contribution is 2.47. The van der Waals surface area contributed by atoms with Crippen LogP contribution in [0.5, 0.6) is 0 Å². The highest BCUT2D eigenvalue weighted by atomic mass is 16.5. The van der Waals surface area contributed by atoms with Crippen LogP contribution in [-0.2, 0) is 9.53 Å². The zero-order valence-electron chi connectivity index (χ0n) is 20.2. The number of carbonyl (C=O) groups excluding carboxylic acids is 1. The fraction of sp³-hybridized carbons (Fsp3) is 0.519. The Kier molecular flexibility index (Phi) is 6.96. The van der Waals surface area contributed by atoms with Gasteiger partial charge < -0.3 is 20.5 Å². The van der Waals surface area contributed by atoms with E-state index in [9.17, 15) is 9.90 Å². The molecule has 2 aliphatic heterocycles. The number of piperidine rings is 1. The van der Waals surface area contributed by atoms with Gasteiger partial charge in [0.05, 0.1) is 29.2 Å². The number of allylic oxidation sites excluding steroid dienone is 3. The summed E-state index contributed by atoms with van der Waals surface area (Å²) in [5, 5.41) is 9.96. The minimum Gasteiger partial charge on any atom is -0.393 e. The number of nitrogens with zero attached hydrogens (tertiary/aromatic N) is 2. The lowest BCUT2D eigenvalue weighted by atomic mass is 9.89. The van der Waals surface area contributed by atoms with Crippen molar-refractivity contribution in [1.82, 2.24) is 4.90 Å². The number of aliphatic hydroxyl groups excluding tert-OH is 1. The first kappa shape index (κ1) is 23.6. The summed E-state index contributed by atoms with van der Waals surface area (Å²) in [6, 6.07) is 8.35. The summed E-state index contributed by atoms with van der Waals surface area (Å²) >= 11 is 0. The Balaban J connectivity index is 1.90. The highest BCUT2D eigenvalue weighted by Gasteiger charge is 2.41. The molecule has 3 N–H and O–H groups in total. The summed E-state index contributed by atoms with van der Waals surface area (Å²) in [6.45, 7) is 5.87. The van der Waals surface area contributed by atoms with Crippen LogP contribution >= 0.6 is 0 Å². The number of unbranched alkanes of at least 4 members (excludes halogenated alkanes) is 1. The van der Waals surface area contributed by atoms with Crippen LogP contribution in [0.15, 0.2) is 58.6 Å². The molecule has 2 fully saturated rings. The molecule has 0 unspecified atom stereocenters. The van der Waals surface area contributed by atoms with Gasteiger partial charge in [0.1, 0.15) is 5.82 Å². The first-order valence-electron chi connectivity index (χ1n) is 12.2. The Labute approximate surface area is 197 Å². The minimum absolute atomic E-state index is 0.0311. The average molecular weight is 452 g/mol. The van der Waals surface area contributed by atoms with Crippen LogP contribution in [0.25, 0.3) is 0 Å². The zero-order valence-corrected chi connectivity index (χ0v) is 20.2. The van der Waals surface area contributed by atoms with Crippen molar-refractivity contribution in [3.8, 4) is 0 Å². The maximum Gasteiger partial charge on any atom is 0.251 e. The number of rotatable bonds is 7. The minimum atomic E-state index is -0.475. The summed E-state index contributed by atoms with van der Waals surface area (Å²) < 4.78 is 5.72. The normalized spacial score (nSPS) is 21.8. The molecule has 1 aromatic rings. The van der Waals surface area contributed by atoms with Crippen molar-refractivity contribution in [1.29, 1.82) is 0 Å². The average Bonchev–Trinajstić information content (AvgIpc) is 3.31. The van der Waals surface area contributed by atoms with E-state index < -0.39 is 5.60 Å². The fourth-order valence-electron chi connectivity index (χ4n) is 5.47. The number of anilines is 1. The molecule has 6 nitrogen and oxygen atoms in total. The monoisotopic (exact) mass is 451 g/mol. The lowest BCUT2D eigenvalue weighted by Crippen LogP contribution is -2.51. The highest BCUT2D eigenvalue weighted by molar-refractivity contribution is 6.01. The molecule has 1 amide bonds. The second-order valence-corrected chi connectivity index (χ2v) is 9.41. The van der Waals surface area contributed by atoms with E-state index in [1.165, 1.54) is 11.4 Å². The number of nitrogens with two attached hydrogens (primary N) is 1. The maximum absolute atomic E-state index is 12.8. The van der Waals surface area contributed by atoms with E-state index in [4.69, 9.17) is 10.5 Å². The fourth-order valence-corrected chi connectivity index (χ4v) is 5.47. The number of hydrogen-bond donors (Lipinski definition) is 2. The number of methoxy groups -OCH3 is 1. The lowest BCUT2D eigenvalue weighted by Gasteiger charge is -2.47. The third kappa shape index (κ3) is 4.22. The SMILES string of the molecule is CCC/C=C1\C(C(N)=O)=C2CCCC2=C(N2CCC(CO)(OC)CC2)N1c1ccccc1C. The largest absolute Gasteiger partial charge is 0.393 e. The molecule has 0 aromatic heterocycles. The molecule has 3 aliphatic rings. The van der Waals surface area contributed by atoms with Crippen molar-refractivity contribution in [3.05, 3.63) is 64.1 Å². The standard InChI is InChI=1S/C27H37N3O3/c1-4-5-12-23-24(25(28)32)20-10-8-11-21(20)26(30(23)22-13-7-6-9-19(22)2)29-16-14-27(18-31,33-3)15-17-29/h6-7,9,12-13,31H,4-5,8,10-11,14-18H2,1-3H3,(H2,28,32)/b23-12+. The predicted molar refractivity (Wildman–Crippen MR) is 131 cm³/mol. The third-order valence-corrected chi connectivity index (χ3v) is 7.42.